The second-order valence-corrected chi connectivity index (χ2v) is 3.76. The molecule has 13 heavy (non-hydrogen) atoms. The van der Waals surface area contributed by atoms with E-state index in [9.17, 15) is 4.79 Å². The van der Waals surface area contributed by atoms with Crippen molar-refractivity contribution in [3.63, 3.8) is 0 Å². The summed E-state index contributed by atoms with van der Waals surface area (Å²) in [5, 5.41) is 0. The van der Waals surface area contributed by atoms with Gasteiger partial charge < -0.3 is 9.47 Å². The highest BCUT2D eigenvalue weighted by molar-refractivity contribution is 5.26. The summed E-state index contributed by atoms with van der Waals surface area (Å²) in [4.78, 5) is 13.6. The molecule has 0 spiro atoms. The van der Waals surface area contributed by atoms with Crippen LogP contribution in [0.25, 0.3) is 0 Å². The van der Waals surface area contributed by atoms with Crippen LogP contribution in [0.2, 0.25) is 0 Å². The van der Waals surface area contributed by atoms with Gasteiger partial charge in [0.25, 0.3) is 5.56 Å². The summed E-state index contributed by atoms with van der Waals surface area (Å²) in [5.41, 5.74) is 2.61. The molecule has 3 nitrogen and oxygen atoms in total. The van der Waals surface area contributed by atoms with Crippen molar-refractivity contribution in [2.45, 2.75) is 13.0 Å². The Labute approximate surface area is 77.6 Å². The molecule has 0 radical (unpaired) electrons. The number of nitrogens with zero attached hydrogens (tertiary/aromatic N) is 2. The van der Waals surface area contributed by atoms with Gasteiger partial charge in [-0.3, -0.25) is 4.79 Å². The van der Waals surface area contributed by atoms with Gasteiger partial charge in [0, 0.05) is 32.4 Å². The molecule has 2 heterocycles. The van der Waals surface area contributed by atoms with Crippen molar-refractivity contribution in [3.8, 4) is 0 Å². The Morgan fingerprint density at radius 3 is 2.85 bits per heavy atom. The second-order valence-electron chi connectivity index (χ2n) is 3.76. The fraction of sp³-hybridized carbons (Fsp3) is 0.500. The third kappa shape index (κ3) is 1.52. The van der Waals surface area contributed by atoms with E-state index in [4.69, 9.17) is 0 Å². The van der Waals surface area contributed by atoms with Gasteiger partial charge in [0.1, 0.15) is 0 Å². The molecule has 1 aromatic heterocycles. The van der Waals surface area contributed by atoms with Gasteiger partial charge in [0.15, 0.2) is 0 Å². The zero-order valence-electron chi connectivity index (χ0n) is 8.08. The Bertz CT molecular complexity index is 381. The Hall–Kier alpha value is -1.09. The van der Waals surface area contributed by atoms with E-state index in [0.717, 1.165) is 19.5 Å². The van der Waals surface area contributed by atoms with Crippen molar-refractivity contribution in [1.29, 1.82) is 0 Å². The summed E-state index contributed by atoms with van der Waals surface area (Å²) >= 11 is 0. The van der Waals surface area contributed by atoms with Crippen LogP contribution in [0.3, 0.4) is 0 Å². The lowest BCUT2D eigenvalue weighted by Gasteiger charge is -2.24. The van der Waals surface area contributed by atoms with Gasteiger partial charge in [-0.1, -0.05) is 0 Å². The van der Waals surface area contributed by atoms with Crippen molar-refractivity contribution in [2.24, 2.45) is 7.05 Å². The fourth-order valence-electron chi connectivity index (χ4n) is 1.78. The third-order valence-corrected chi connectivity index (χ3v) is 2.61. The van der Waals surface area contributed by atoms with Crippen molar-refractivity contribution in [2.75, 3.05) is 13.6 Å². The van der Waals surface area contributed by atoms with Crippen molar-refractivity contribution in [3.05, 3.63) is 33.7 Å². The van der Waals surface area contributed by atoms with Crippen LogP contribution in [-0.2, 0) is 20.0 Å². The average Bonchev–Trinajstić information content (AvgIpc) is 2.08. The smallest absolute Gasteiger partial charge is 0.250 e. The van der Waals surface area contributed by atoms with Crippen molar-refractivity contribution in [1.82, 2.24) is 9.47 Å². The SMILES string of the molecule is CN1CCc2cc(=O)n(C)cc2C1. The summed E-state index contributed by atoms with van der Waals surface area (Å²) < 4.78 is 1.65. The summed E-state index contributed by atoms with van der Waals surface area (Å²) in [6.07, 6.45) is 2.95. The minimum absolute atomic E-state index is 0.100. The number of likely N-dealkylation sites (N-methyl/N-ethyl adjacent to an activating group) is 1. The fourth-order valence-corrected chi connectivity index (χ4v) is 1.78. The molecule has 70 valence electrons. The zero-order chi connectivity index (χ0) is 9.42. The zero-order valence-corrected chi connectivity index (χ0v) is 8.08. The molecule has 0 saturated carbocycles. The van der Waals surface area contributed by atoms with Crippen LogP contribution in [0, 0.1) is 0 Å². The van der Waals surface area contributed by atoms with Gasteiger partial charge in [0.2, 0.25) is 0 Å². The van der Waals surface area contributed by atoms with Gasteiger partial charge >= 0.3 is 0 Å². The summed E-state index contributed by atoms with van der Waals surface area (Å²) in [5.74, 6) is 0. The average molecular weight is 178 g/mol. The maximum Gasteiger partial charge on any atom is 0.250 e. The molecule has 1 aromatic rings. The number of aromatic nitrogens is 1. The minimum atomic E-state index is 0.100. The first-order valence-electron chi connectivity index (χ1n) is 4.54. The summed E-state index contributed by atoms with van der Waals surface area (Å²) in [7, 11) is 3.91. The summed E-state index contributed by atoms with van der Waals surface area (Å²) in [6, 6.07) is 1.77. The maximum absolute atomic E-state index is 11.3. The molecule has 0 fully saturated rings. The van der Waals surface area contributed by atoms with Gasteiger partial charge in [-0.25, -0.2) is 0 Å². The molecule has 1 aliphatic rings. The van der Waals surface area contributed by atoms with E-state index in [2.05, 4.69) is 11.9 Å². The van der Waals surface area contributed by atoms with Crippen molar-refractivity contribution < 1.29 is 0 Å². The third-order valence-electron chi connectivity index (χ3n) is 2.61. The van der Waals surface area contributed by atoms with Crippen LogP contribution >= 0.6 is 0 Å². The first kappa shape index (κ1) is 8.51. The van der Waals surface area contributed by atoms with Crippen LogP contribution in [0.1, 0.15) is 11.1 Å². The maximum atomic E-state index is 11.3. The Morgan fingerprint density at radius 1 is 1.31 bits per heavy atom. The van der Waals surface area contributed by atoms with Crippen LogP contribution in [0.15, 0.2) is 17.1 Å². The van der Waals surface area contributed by atoms with Crippen molar-refractivity contribution >= 4 is 0 Å². The van der Waals surface area contributed by atoms with Gasteiger partial charge in [-0.15, -0.1) is 0 Å². The number of hydrogen-bond acceptors (Lipinski definition) is 2. The number of pyridine rings is 1. The van der Waals surface area contributed by atoms with Crippen LogP contribution in [0.5, 0.6) is 0 Å². The number of hydrogen-bond donors (Lipinski definition) is 0. The Morgan fingerprint density at radius 2 is 2.08 bits per heavy atom. The summed E-state index contributed by atoms with van der Waals surface area (Å²) in [6.45, 7) is 2.02. The standard InChI is InChI=1S/C10H14N2O/c1-11-4-3-8-5-10(13)12(2)7-9(8)6-11/h5,7H,3-4,6H2,1-2H3. The molecule has 0 amide bonds. The highest BCUT2D eigenvalue weighted by Gasteiger charge is 2.13. The van der Waals surface area contributed by atoms with E-state index in [-0.39, 0.29) is 5.56 Å². The minimum Gasteiger partial charge on any atom is -0.318 e. The van der Waals surface area contributed by atoms with E-state index in [1.165, 1.54) is 11.1 Å². The molecule has 0 aliphatic carbocycles. The molecule has 0 N–H and O–H groups in total. The lowest BCUT2D eigenvalue weighted by atomic mass is 10.0. The van der Waals surface area contributed by atoms with Gasteiger partial charge in [-0.05, 0) is 24.6 Å². The predicted molar refractivity (Wildman–Crippen MR) is 51.7 cm³/mol. The van der Waals surface area contributed by atoms with E-state index in [0.29, 0.717) is 0 Å². The molecule has 0 saturated heterocycles. The monoisotopic (exact) mass is 178 g/mol. The largest absolute Gasteiger partial charge is 0.318 e. The molecular formula is C10H14N2O. The number of fused-ring (bicyclic) bond motifs is 1. The van der Waals surface area contributed by atoms with Gasteiger partial charge in [0.05, 0.1) is 0 Å². The first-order chi connectivity index (χ1) is 6.16. The molecule has 3 heteroatoms. The second kappa shape index (κ2) is 3.00. The van der Waals surface area contributed by atoms with Gasteiger partial charge in [-0.2, -0.15) is 0 Å². The quantitative estimate of drug-likeness (QED) is 0.573. The Balaban J connectivity index is 2.49. The van der Waals surface area contributed by atoms with Crippen LogP contribution < -0.4 is 5.56 Å². The van der Waals surface area contributed by atoms with E-state index < -0.39 is 0 Å². The van der Waals surface area contributed by atoms with E-state index in [1.54, 1.807) is 17.7 Å². The molecule has 1 aliphatic heterocycles. The highest BCUT2D eigenvalue weighted by atomic mass is 16.1. The first-order valence-corrected chi connectivity index (χ1v) is 4.54. The molecule has 2 rings (SSSR count). The van der Waals surface area contributed by atoms with Crippen LogP contribution in [0.4, 0.5) is 0 Å². The Kier molecular flexibility index (Phi) is 1.96. The molecule has 0 bridgehead atoms. The molecule has 0 aromatic carbocycles. The van der Waals surface area contributed by atoms with E-state index in [1.807, 2.05) is 6.20 Å². The van der Waals surface area contributed by atoms with Crippen LogP contribution in [-0.4, -0.2) is 23.1 Å². The predicted octanol–water partition coefficient (Wildman–Crippen LogP) is 0.373. The van der Waals surface area contributed by atoms with E-state index >= 15 is 0 Å². The molecule has 0 unspecified atom stereocenters. The highest BCUT2D eigenvalue weighted by Crippen LogP contribution is 2.14. The lowest BCUT2D eigenvalue weighted by Crippen LogP contribution is -2.29. The number of rotatable bonds is 0. The number of aryl methyl sites for hydroxylation is 1. The lowest BCUT2D eigenvalue weighted by molar-refractivity contribution is 0.311. The normalized spacial score (nSPS) is 17.1. The molecule has 0 atom stereocenters. The molecular weight excluding hydrogens is 164 g/mol. The topological polar surface area (TPSA) is 25.2 Å².